The SMILES string of the molecule is CCc1cc2c(cc1C(=O)Oc1cc(O)c3c(c1)OC(c1cc(O)c(O)c(O)c1)C(O)C3)C(=O)C(OC)=C(O)C2=O. The van der Waals surface area contributed by atoms with Gasteiger partial charge < -0.3 is 44.8 Å². The smallest absolute Gasteiger partial charge is 0.343 e. The number of aliphatic hydroxyl groups is 2. The molecule has 6 N–H and O–H groups in total. The number of benzene rings is 3. The summed E-state index contributed by atoms with van der Waals surface area (Å²) in [5.74, 6) is -6.34. The van der Waals surface area contributed by atoms with Gasteiger partial charge in [0.05, 0.1) is 18.8 Å². The number of esters is 1. The number of Topliss-reactive ketones (excluding diaryl/α,β-unsaturated/α-hetero) is 2. The summed E-state index contributed by atoms with van der Waals surface area (Å²) in [5, 5.41) is 60.7. The molecule has 0 saturated carbocycles. The lowest BCUT2D eigenvalue weighted by Crippen LogP contribution is -2.30. The standard InChI is InChI=1S/C29H24O12/c1-3-11-4-15-16(24(35)28(39-2)26(37)23(15)34)9-14(11)29(38)40-13-7-18(30)17-10-21(33)27(41-22(17)8-13)12-5-19(31)25(36)20(32)6-12/h4-9,21,27,30-33,36-37H,3,10H2,1-2H3. The molecular weight excluding hydrogens is 540 g/mol. The molecule has 0 fully saturated rings. The number of methoxy groups -OCH3 is 1. The predicted octanol–water partition coefficient (Wildman–Crippen LogP) is 3.12. The maximum absolute atomic E-state index is 13.3. The number of aromatic hydroxyl groups is 4. The lowest BCUT2D eigenvalue weighted by molar-refractivity contribution is 0.0195. The van der Waals surface area contributed by atoms with E-state index in [2.05, 4.69) is 0 Å². The summed E-state index contributed by atoms with van der Waals surface area (Å²) in [7, 11) is 1.12. The number of allylic oxidation sites excluding steroid dienone is 2. The Bertz CT molecular complexity index is 1650. The molecule has 0 saturated heterocycles. The third kappa shape index (κ3) is 4.53. The molecule has 2 aliphatic rings. The van der Waals surface area contributed by atoms with E-state index in [9.17, 15) is 45.0 Å². The number of hydrogen-bond donors (Lipinski definition) is 6. The molecule has 0 spiro atoms. The van der Waals surface area contributed by atoms with E-state index in [4.69, 9.17) is 14.2 Å². The van der Waals surface area contributed by atoms with Crippen molar-refractivity contribution in [3.05, 3.63) is 81.3 Å². The highest BCUT2D eigenvalue weighted by Crippen LogP contribution is 2.45. The van der Waals surface area contributed by atoms with E-state index in [1.165, 1.54) is 18.2 Å². The number of fused-ring (bicyclic) bond motifs is 2. The fourth-order valence-corrected chi connectivity index (χ4v) is 4.90. The van der Waals surface area contributed by atoms with E-state index >= 15 is 0 Å². The zero-order valence-electron chi connectivity index (χ0n) is 21.7. The molecule has 1 aliphatic carbocycles. The molecule has 212 valence electrons. The number of aliphatic hydroxyl groups excluding tert-OH is 2. The van der Waals surface area contributed by atoms with Gasteiger partial charge in [0.2, 0.25) is 23.1 Å². The average molecular weight is 564 g/mol. The summed E-state index contributed by atoms with van der Waals surface area (Å²) in [6.45, 7) is 1.72. The molecule has 12 heteroatoms. The quantitative estimate of drug-likeness (QED) is 0.150. The molecule has 0 radical (unpaired) electrons. The Hall–Kier alpha value is -5.23. The molecule has 0 aromatic heterocycles. The molecular formula is C29H24O12. The van der Waals surface area contributed by atoms with Gasteiger partial charge in [-0.2, -0.15) is 0 Å². The Kier molecular flexibility index (Phi) is 6.71. The van der Waals surface area contributed by atoms with Gasteiger partial charge in [-0.1, -0.05) is 6.92 Å². The normalized spacial score (nSPS) is 17.9. The zero-order chi connectivity index (χ0) is 29.7. The van der Waals surface area contributed by atoms with Crippen molar-refractivity contribution in [1.82, 2.24) is 0 Å². The maximum atomic E-state index is 13.3. The van der Waals surface area contributed by atoms with Crippen LogP contribution in [0.4, 0.5) is 0 Å². The second-order valence-electron chi connectivity index (χ2n) is 9.47. The Morgan fingerprint density at radius 3 is 2.22 bits per heavy atom. The van der Waals surface area contributed by atoms with Gasteiger partial charge in [-0.25, -0.2) is 4.79 Å². The predicted molar refractivity (Wildman–Crippen MR) is 139 cm³/mol. The largest absolute Gasteiger partial charge is 0.507 e. The average Bonchev–Trinajstić information content (AvgIpc) is 2.94. The minimum atomic E-state index is -1.21. The maximum Gasteiger partial charge on any atom is 0.343 e. The van der Waals surface area contributed by atoms with Crippen LogP contribution in [0.25, 0.3) is 0 Å². The topological polar surface area (TPSA) is 200 Å². The number of hydrogen-bond acceptors (Lipinski definition) is 12. The van der Waals surface area contributed by atoms with Gasteiger partial charge >= 0.3 is 5.97 Å². The highest BCUT2D eigenvalue weighted by molar-refractivity contribution is 6.25. The molecule has 0 amide bonds. The van der Waals surface area contributed by atoms with E-state index < -0.39 is 58.5 Å². The minimum absolute atomic E-state index is 0.0364. The second kappa shape index (κ2) is 10.1. The first-order valence-corrected chi connectivity index (χ1v) is 12.4. The first kappa shape index (κ1) is 27.3. The molecule has 1 aliphatic heterocycles. The van der Waals surface area contributed by atoms with E-state index in [-0.39, 0.29) is 57.9 Å². The van der Waals surface area contributed by atoms with Crippen molar-refractivity contribution in [2.75, 3.05) is 7.11 Å². The number of ether oxygens (including phenoxy) is 3. The Labute approximate surface area is 231 Å². The van der Waals surface area contributed by atoms with Gasteiger partial charge in [-0.05, 0) is 36.2 Å². The second-order valence-corrected chi connectivity index (χ2v) is 9.47. The van der Waals surface area contributed by atoms with Gasteiger partial charge in [0.1, 0.15) is 17.2 Å². The van der Waals surface area contributed by atoms with Crippen molar-refractivity contribution < 1.29 is 59.2 Å². The number of ketones is 2. The number of rotatable bonds is 5. The molecule has 12 nitrogen and oxygen atoms in total. The molecule has 5 rings (SSSR count). The number of carbonyl (C=O) groups is 3. The van der Waals surface area contributed by atoms with Gasteiger partial charge in [0.25, 0.3) is 0 Å². The minimum Gasteiger partial charge on any atom is -0.507 e. The number of phenols is 4. The van der Waals surface area contributed by atoms with E-state index in [0.717, 1.165) is 25.3 Å². The first-order valence-electron chi connectivity index (χ1n) is 12.4. The summed E-state index contributed by atoms with van der Waals surface area (Å²) in [4.78, 5) is 38.7. The molecule has 0 bridgehead atoms. The number of carbonyl (C=O) groups excluding carboxylic acids is 3. The van der Waals surface area contributed by atoms with Gasteiger partial charge in [0.15, 0.2) is 23.4 Å². The number of aryl methyl sites for hydroxylation is 1. The Balaban J connectivity index is 1.47. The Morgan fingerprint density at radius 2 is 1.59 bits per heavy atom. The van der Waals surface area contributed by atoms with Gasteiger partial charge in [0, 0.05) is 40.8 Å². The summed E-state index contributed by atoms with van der Waals surface area (Å²) in [6, 6.07) is 7.18. The highest BCUT2D eigenvalue weighted by Gasteiger charge is 2.36. The molecule has 41 heavy (non-hydrogen) atoms. The summed E-state index contributed by atoms with van der Waals surface area (Å²) < 4.78 is 16.2. The monoisotopic (exact) mass is 564 g/mol. The van der Waals surface area contributed by atoms with Crippen LogP contribution in [0, 0.1) is 0 Å². The van der Waals surface area contributed by atoms with Crippen LogP contribution in [-0.2, 0) is 17.6 Å². The molecule has 1 heterocycles. The molecule has 2 unspecified atom stereocenters. The lowest BCUT2D eigenvalue weighted by atomic mass is 9.87. The molecule has 2 atom stereocenters. The zero-order valence-corrected chi connectivity index (χ0v) is 21.7. The van der Waals surface area contributed by atoms with Crippen molar-refractivity contribution in [1.29, 1.82) is 0 Å². The van der Waals surface area contributed by atoms with Crippen molar-refractivity contribution in [2.24, 2.45) is 0 Å². The molecule has 3 aromatic carbocycles. The highest BCUT2D eigenvalue weighted by atomic mass is 16.5. The summed E-state index contributed by atoms with van der Waals surface area (Å²) in [5.41, 5.74) is 0.434. The lowest BCUT2D eigenvalue weighted by Gasteiger charge is -2.31. The van der Waals surface area contributed by atoms with Crippen LogP contribution < -0.4 is 9.47 Å². The van der Waals surface area contributed by atoms with Crippen molar-refractivity contribution in [3.8, 4) is 34.5 Å². The summed E-state index contributed by atoms with van der Waals surface area (Å²) in [6.07, 6.45) is -2.16. The first-order chi connectivity index (χ1) is 19.4. The van der Waals surface area contributed by atoms with E-state index in [1.54, 1.807) is 6.92 Å². The van der Waals surface area contributed by atoms with E-state index in [1.807, 2.05) is 0 Å². The molecule has 3 aromatic rings. The van der Waals surface area contributed by atoms with Crippen LogP contribution in [-0.4, -0.2) is 61.4 Å². The fraction of sp³-hybridized carbons (Fsp3) is 0.207. The van der Waals surface area contributed by atoms with E-state index in [0.29, 0.717) is 5.56 Å². The number of phenolic OH excluding ortho intramolecular Hbond substituents is 4. The van der Waals surface area contributed by atoms with Crippen molar-refractivity contribution in [2.45, 2.75) is 32.0 Å². The fourth-order valence-electron chi connectivity index (χ4n) is 4.90. The van der Waals surface area contributed by atoms with Crippen molar-refractivity contribution in [3.63, 3.8) is 0 Å². The van der Waals surface area contributed by atoms with Crippen LogP contribution in [0.2, 0.25) is 0 Å². The third-order valence-corrected chi connectivity index (χ3v) is 6.98. The van der Waals surface area contributed by atoms with Crippen molar-refractivity contribution >= 4 is 17.5 Å². The summed E-state index contributed by atoms with van der Waals surface area (Å²) >= 11 is 0. The van der Waals surface area contributed by atoms with Crippen LogP contribution in [0.5, 0.6) is 34.5 Å². The van der Waals surface area contributed by atoms with Crippen LogP contribution >= 0.6 is 0 Å². The van der Waals surface area contributed by atoms with Crippen LogP contribution in [0.1, 0.15) is 60.8 Å². The van der Waals surface area contributed by atoms with Gasteiger partial charge in [-0.3, -0.25) is 9.59 Å². The van der Waals surface area contributed by atoms with Crippen LogP contribution in [0.3, 0.4) is 0 Å². The van der Waals surface area contributed by atoms with Gasteiger partial charge in [-0.15, -0.1) is 0 Å². The third-order valence-electron chi connectivity index (χ3n) is 6.98. The Morgan fingerprint density at radius 1 is 0.927 bits per heavy atom. The van der Waals surface area contributed by atoms with Crippen LogP contribution in [0.15, 0.2) is 47.9 Å².